The number of rotatable bonds is 0. The molecule has 6 rings (SSSR count). The number of fused-ring (bicyclic) bond motifs is 6. The fourth-order valence-corrected chi connectivity index (χ4v) is 9.42. The number of aliphatic hydroxyl groups is 1. The van der Waals surface area contributed by atoms with Crippen LogP contribution in [0.2, 0.25) is 0 Å². The summed E-state index contributed by atoms with van der Waals surface area (Å²) in [4.78, 5) is 0. The highest BCUT2D eigenvalue weighted by Crippen LogP contribution is 2.65. The minimum Gasteiger partial charge on any atom is -0.393 e. The van der Waals surface area contributed by atoms with E-state index in [-0.39, 0.29) is 11.7 Å². The molecule has 30 heavy (non-hydrogen) atoms. The SMILES string of the molecule is CC1=C2CC3C(CCC4CC(O)CCC43C)C2CCC2(C1)CC1NCC(C)CC1O2. The fraction of sp³-hybridized carbons (Fsp3) is 0.926. The summed E-state index contributed by atoms with van der Waals surface area (Å²) in [7, 11) is 0. The van der Waals surface area contributed by atoms with Crippen molar-refractivity contribution in [3.63, 3.8) is 0 Å². The summed E-state index contributed by atoms with van der Waals surface area (Å²) in [5, 5.41) is 14.1. The van der Waals surface area contributed by atoms with E-state index in [9.17, 15) is 5.11 Å². The van der Waals surface area contributed by atoms with Gasteiger partial charge in [0.25, 0.3) is 0 Å². The Morgan fingerprint density at radius 1 is 1.10 bits per heavy atom. The molecule has 10 unspecified atom stereocenters. The van der Waals surface area contributed by atoms with Crippen LogP contribution >= 0.6 is 0 Å². The van der Waals surface area contributed by atoms with Crippen LogP contribution in [0, 0.1) is 35.0 Å². The first kappa shape index (κ1) is 20.2. The quantitative estimate of drug-likeness (QED) is 0.535. The van der Waals surface area contributed by atoms with E-state index in [1.807, 2.05) is 5.57 Å². The highest BCUT2D eigenvalue weighted by atomic mass is 16.5. The smallest absolute Gasteiger partial charge is 0.0740 e. The molecule has 0 aromatic carbocycles. The highest BCUT2D eigenvalue weighted by molar-refractivity contribution is 5.28. The van der Waals surface area contributed by atoms with Gasteiger partial charge in [-0.05, 0) is 119 Å². The first-order valence-electron chi connectivity index (χ1n) is 13.1. The Morgan fingerprint density at radius 3 is 2.83 bits per heavy atom. The second-order valence-electron chi connectivity index (χ2n) is 12.7. The summed E-state index contributed by atoms with van der Waals surface area (Å²) < 4.78 is 6.91. The molecule has 10 atom stereocenters. The van der Waals surface area contributed by atoms with E-state index in [0.29, 0.717) is 17.6 Å². The maximum atomic E-state index is 10.3. The fourth-order valence-electron chi connectivity index (χ4n) is 9.42. The van der Waals surface area contributed by atoms with Crippen LogP contribution in [0.5, 0.6) is 0 Å². The topological polar surface area (TPSA) is 41.5 Å². The summed E-state index contributed by atoms with van der Waals surface area (Å²) in [5.41, 5.74) is 4.11. The van der Waals surface area contributed by atoms with Gasteiger partial charge in [-0.15, -0.1) is 0 Å². The minimum absolute atomic E-state index is 0.0355. The molecular formula is C27H43NO2. The molecule has 2 heterocycles. The third kappa shape index (κ3) is 3.01. The maximum Gasteiger partial charge on any atom is 0.0740 e. The Balaban J connectivity index is 1.25. The summed E-state index contributed by atoms with van der Waals surface area (Å²) >= 11 is 0. The second kappa shape index (κ2) is 7.06. The van der Waals surface area contributed by atoms with Crippen LogP contribution in [-0.4, -0.2) is 35.5 Å². The Kier molecular flexibility index (Phi) is 4.76. The van der Waals surface area contributed by atoms with E-state index in [1.54, 1.807) is 5.57 Å². The summed E-state index contributed by atoms with van der Waals surface area (Å²) in [6.07, 6.45) is 14.1. The zero-order valence-corrected chi connectivity index (χ0v) is 19.5. The molecule has 0 bridgehead atoms. The Bertz CT molecular complexity index is 732. The Hall–Kier alpha value is -0.380. The molecule has 0 amide bonds. The molecule has 0 radical (unpaired) electrons. The van der Waals surface area contributed by atoms with Crippen LogP contribution in [0.25, 0.3) is 0 Å². The Morgan fingerprint density at radius 2 is 1.97 bits per heavy atom. The molecule has 1 spiro atoms. The lowest BCUT2D eigenvalue weighted by atomic mass is 9.52. The van der Waals surface area contributed by atoms with Gasteiger partial charge in [0, 0.05) is 6.04 Å². The van der Waals surface area contributed by atoms with E-state index >= 15 is 0 Å². The van der Waals surface area contributed by atoms with Crippen LogP contribution in [-0.2, 0) is 4.74 Å². The van der Waals surface area contributed by atoms with Crippen molar-refractivity contribution in [3.05, 3.63) is 11.1 Å². The molecular weight excluding hydrogens is 370 g/mol. The van der Waals surface area contributed by atoms with Crippen molar-refractivity contribution in [3.8, 4) is 0 Å². The maximum absolute atomic E-state index is 10.3. The molecule has 168 valence electrons. The van der Waals surface area contributed by atoms with E-state index < -0.39 is 0 Å². The predicted octanol–water partition coefficient (Wildman–Crippen LogP) is 5.23. The lowest BCUT2D eigenvalue weighted by Crippen LogP contribution is -2.47. The summed E-state index contributed by atoms with van der Waals surface area (Å²) in [5.74, 6) is 4.08. The zero-order valence-electron chi connectivity index (χ0n) is 19.5. The van der Waals surface area contributed by atoms with Crippen molar-refractivity contribution in [2.24, 2.45) is 35.0 Å². The number of hydrogen-bond acceptors (Lipinski definition) is 3. The molecule has 0 aromatic rings. The average molecular weight is 414 g/mol. The molecule has 2 saturated heterocycles. The molecule has 0 aromatic heterocycles. The van der Waals surface area contributed by atoms with Crippen LogP contribution < -0.4 is 5.32 Å². The van der Waals surface area contributed by atoms with E-state index in [0.717, 1.165) is 42.4 Å². The average Bonchev–Trinajstić information content (AvgIpc) is 3.22. The molecule has 3 saturated carbocycles. The molecule has 6 aliphatic rings. The van der Waals surface area contributed by atoms with Gasteiger partial charge in [-0.3, -0.25) is 0 Å². The van der Waals surface area contributed by atoms with Crippen molar-refractivity contribution < 1.29 is 9.84 Å². The second-order valence-corrected chi connectivity index (χ2v) is 12.7. The van der Waals surface area contributed by atoms with Crippen LogP contribution in [0.4, 0.5) is 0 Å². The van der Waals surface area contributed by atoms with Gasteiger partial charge in [-0.2, -0.15) is 0 Å². The first-order chi connectivity index (χ1) is 14.4. The first-order valence-corrected chi connectivity index (χ1v) is 13.1. The van der Waals surface area contributed by atoms with Gasteiger partial charge in [0.2, 0.25) is 0 Å². The monoisotopic (exact) mass is 413 g/mol. The van der Waals surface area contributed by atoms with Crippen molar-refractivity contribution in [1.82, 2.24) is 5.32 Å². The van der Waals surface area contributed by atoms with Gasteiger partial charge in [0.05, 0.1) is 17.8 Å². The van der Waals surface area contributed by atoms with Gasteiger partial charge in [0.15, 0.2) is 0 Å². The van der Waals surface area contributed by atoms with Crippen molar-refractivity contribution in [2.45, 2.75) is 115 Å². The van der Waals surface area contributed by atoms with Crippen molar-refractivity contribution in [2.75, 3.05) is 6.54 Å². The van der Waals surface area contributed by atoms with Crippen LogP contribution in [0.1, 0.15) is 91.4 Å². The van der Waals surface area contributed by atoms with Crippen LogP contribution in [0.15, 0.2) is 11.1 Å². The number of hydrogen-bond donors (Lipinski definition) is 2. The summed E-state index contributed by atoms with van der Waals surface area (Å²) in [6.45, 7) is 8.59. The third-order valence-corrected chi connectivity index (χ3v) is 11.0. The predicted molar refractivity (Wildman–Crippen MR) is 120 cm³/mol. The molecule has 3 nitrogen and oxygen atoms in total. The summed E-state index contributed by atoms with van der Waals surface area (Å²) in [6, 6.07) is 0.590. The van der Waals surface area contributed by atoms with Crippen molar-refractivity contribution in [1.29, 1.82) is 0 Å². The Labute approximate surface area is 183 Å². The zero-order chi connectivity index (χ0) is 20.7. The van der Waals surface area contributed by atoms with E-state index in [2.05, 4.69) is 26.1 Å². The third-order valence-electron chi connectivity index (χ3n) is 11.0. The van der Waals surface area contributed by atoms with Gasteiger partial charge in [-0.1, -0.05) is 25.0 Å². The normalized spacial score (nSPS) is 55.6. The number of piperidine rings is 1. The lowest BCUT2D eigenvalue weighted by Gasteiger charge is -2.53. The molecule has 2 N–H and O–H groups in total. The molecule has 5 fully saturated rings. The van der Waals surface area contributed by atoms with E-state index in [1.165, 1.54) is 64.3 Å². The largest absolute Gasteiger partial charge is 0.393 e. The van der Waals surface area contributed by atoms with Gasteiger partial charge < -0.3 is 15.2 Å². The van der Waals surface area contributed by atoms with Gasteiger partial charge in [0.1, 0.15) is 0 Å². The van der Waals surface area contributed by atoms with Gasteiger partial charge >= 0.3 is 0 Å². The van der Waals surface area contributed by atoms with E-state index in [4.69, 9.17) is 4.74 Å². The molecule has 2 aliphatic heterocycles. The lowest BCUT2D eigenvalue weighted by molar-refractivity contribution is -0.0741. The van der Waals surface area contributed by atoms with Gasteiger partial charge in [-0.25, -0.2) is 0 Å². The molecule has 3 heteroatoms. The number of allylic oxidation sites excluding steroid dienone is 1. The number of aliphatic hydroxyl groups excluding tert-OH is 1. The van der Waals surface area contributed by atoms with Crippen molar-refractivity contribution >= 4 is 0 Å². The highest BCUT2D eigenvalue weighted by Gasteiger charge is 2.57. The van der Waals surface area contributed by atoms with Crippen LogP contribution in [0.3, 0.4) is 0 Å². The number of nitrogens with one attached hydrogen (secondary N) is 1. The standard InChI is InChI=1S/C27H43NO2/c1-16-10-25-24(28-15-16)14-27(30-25)9-7-20-21-5-4-18-11-19(29)6-8-26(18,3)23(21)12-22(20)17(2)13-27/h16,18-21,23-25,28-29H,4-15H2,1-3H3. The minimum atomic E-state index is -0.0355. The number of ether oxygens (including phenoxy) is 1. The molecule has 4 aliphatic carbocycles.